The number of hydrogen-bond acceptors (Lipinski definition) is 2. The first-order valence-corrected chi connectivity index (χ1v) is 8.87. The van der Waals surface area contributed by atoms with E-state index in [0.717, 1.165) is 37.1 Å². The molecule has 2 heteroatoms. The van der Waals surface area contributed by atoms with Gasteiger partial charge in [-0.05, 0) is 87.5 Å². The highest BCUT2D eigenvalue weighted by Gasteiger charge is 2.50. The van der Waals surface area contributed by atoms with Gasteiger partial charge in [0.15, 0.2) is 0 Å². The summed E-state index contributed by atoms with van der Waals surface area (Å²) in [6.07, 6.45) is 15.1. The average Bonchev–Trinajstić information content (AvgIpc) is 2.86. The van der Waals surface area contributed by atoms with Crippen molar-refractivity contribution in [3.63, 3.8) is 0 Å². The van der Waals surface area contributed by atoms with Crippen molar-refractivity contribution in [3.05, 3.63) is 0 Å². The van der Waals surface area contributed by atoms with Gasteiger partial charge in [0, 0.05) is 0 Å². The molecule has 0 atom stereocenters. The minimum atomic E-state index is -0.164. The SMILES string of the molecule is N#CC1(NCCC23CC4CC(CC(C4)C2)C3)CCCC1. The van der Waals surface area contributed by atoms with Crippen LogP contribution in [-0.2, 0) is 0 Å². The first-order valence-electron chi connectivity index (χ1n) is 8.87. The van der Waals surface area contributed by atoms with Crippen LogP contribution in [0.5, 0.6) is 0 Å². The fourth-order valence-corrected chi connectivity index (χ4v) is 6.47. The molecule has 5 rings (SSSR count). The Hall–Kier alpha value is -0.550. The summed E-state index contributed by atoms with van der Waals surface area (Å²) in [6, 6.07) is 2.57. The van der Waals surface area contributed by atoms with E-state index in [-0.39, 0.29) is 5.54 Å². The molecule has 0 amide bonds. The van der Waals surface area contributed by atoms with Crippen LogP contribution >= 0.6 is 0 Å². The van der Waals surface area contributed by atoms with E-state index in [1.807, 2.05) is 0 Å². The predicted octanol–water partition coefficient (Wildman–Crippen LogP) is 4.02. The summed E-state index contributed by atoms with van der Waals surface area (Å²) in [5.41, 5.74) is 0.499. The molecular formula is C18H28N2. The third-order valence-electron chi connectivity index (χ3n) is 6.95. The zero-order valence-electron chi connectivity index (χ0n) is 12.7. The molecule has 0 radical (unpaired) electrons. The van der Waals surface area contributed by atoms with Gasteiger partial charge in [-0.2, -0.15) is 5.26 Å². The molecule has 0 spiro atoms. The van der Waals surface area contributed by atoms with E-state index in [4.69, 9.17) is 0 Å². The molecule has 0 heterocycles. The summed E-state index contributed by atoms with van der Waals surface area (Å²) in [7, 11) is 0. The molecule has 5 aliphatic carbocycles. The van der Waals surface area contributed by atoms with Crippen molar-refractivity contribution in [3.8, 4) is 6.07 Å². The van der Waals surface area contributed by atoms with E-state index in [1.54, 1.807) is 0 Å². The van der Waals surface area contributed by atoms with Gasteiger partial charge >= 0.3 is 0 Å². The Labute approximate surface area is 123 Å². The van der Waals surface area contributed by atoms with Gasteiger partial charge in [-0.1, -0.05) is 12.8 Å². The van der Waals surface area contributed by atoms with Crippen LogP contribution in [0, 0.1) is 34.5 Å². The molecule has 110 valence electrons. The Balaban J connectivity index is 1.37. The van der Waals surface area contributed by atoms with Crippen LogP contribution in [0.4, 0.5) is 0 Å². The maximum absolute atomic E-state index is 9.46. The number of hydrogen-bond donors (Lipinski definition) is 1. The minimum Gasteiger partial charge on any atom is -0.299 e. The van der Waals surface area contributed by atoms with Gasteiger partial charge in [0.1, 0.15) is 5.54 Å². The van der Waals surface area contributed by atoms with Crippen LogP contribution in [0.25, 0.3) is 0 Å². The summed E-state index contributed by atoms with van der Waals surface area (Å²) >= 11 is 0. The molecule has 1 N–H and O–H groups in total. The monoisotopic (exact) mass is 272 g/mol. The molecule has 5 saturated carbocycles. The van der Waals surface area contributed by atoms with E-state index in [2.05, 4.69) is 11.4 Å². The van der Waals surface area contributed by atoms with Crippen molar-refractivity contribution in [1.29, 1.82) is 5.26 Å². The Morgan fingerprint density at radius 1 is 0.950 bits per heavy atom. The highest BCUT2D eigenvalue weighted by Crippen LogP contribution is 2.61. The molecule has 0 aromatic heterocycles. The molecule has 0 aliphatic heterocycles. The zero-order chi connectivity index (χ0) is 13.6. The quantitative estimate of drug-likeness (QED) is 0.839. The lowest BCUT2D eigenvalue weighted by molar-refractivity contribution is -0.0572. The van der Waals surface area contributed by atoms with Crippen LogP contribution in [0.3, 0.4) is 0 Å². The summed E-state index contributed by atoms with van der Waals surface area (Å²) in [6.45, 7) is 1.08. The molecule has 2 nitrogen and oxygen atoms in total. The Morgan fingerprint density at radius 3 is 2.00 bits per heavy atom. The first kappa shape index (κ1) is 13.1. The largest absolute Gasteiger partial charge is 0.299 e. The lowest BCUT2D eigenvalue weighted by Gasteiger charge is -2.57. The van der Waals surface area contributed by atoms with Crippen molar-refractivity contribution >= 4 is 0 Å². The second-order valence-corrected chi connectivity index (χ2v) is 8.50. The molecule has 0 aromatic rings. The van der Waals surface area contributed by atoms with Crippen molar-refractivity contribution in [1.82, 2.24) is 5.32 Å². The Kier molecular flexibility index (Phi) is 3.11. The van der Waals surface area contributed by atoms with Crippen LogP contribution in [0.15, 0.2) is 0 Å². The van der Waals surface area contributed by atoms with Crippen LogP contribution in [-0.4, -0.2) is 12.1 Å². The number of nitrogens with zero attached hydrogens (tertiary/aromatic N) is 1. The average molecular weight is 272 g/mol. The lowest BCUT2D eigenvalue weighted by atomic mass is 9.49. The van der Waals surface area contributed by atoms with Crippen molar-refractivity contribution in [2.24, 2.45) is 23.2 Å². The fourth-order valence-electron chi connectivity index (χ4n) is 6.47. The highest BCUT2D eigenvalue weighted by atomic mass is 15.0. The zero-order valence-corrected chi connectivity index (χ0v) is 12.7. The Morgan fingerprint density at radius 2 is 1.50 bits per heavy atom. The minimum absolute atomic E-state index is 0.164. The fraction of sp³-hybridized carbons (Fsp3) is 0.944. The lowest BCUT2D eigenvalue weighted by Crippen LogP contribution is -2.49. The topological polar surface area (TPSA) is 35.8 Å². The van der Waals surface area contributed by atoms with Crippen LogP contribution in [0.1, 0.15) is 70.6 Å². The second-order valence-electron chi connectivity index (χ2n) is 8.50. The van der Waals surface area contributed by atoms with E-state index in [9.17, 15) is 5.26 Å². The third-order valence-corrected chi connectivity index (χ3v) is 6.95. The number of nitrogens with one attached hydrogen (secondary N) is 1. The van der Waals surface area contributed by atoms with Gasteiger partial charge in [-0.25, -0.2) is 0 Å². The second kappa shape index (κ2) is 4.73. The van der Waals surface area contributed by atoms with Crippen molar-refractivity contribution < 1.29 is 0 Å². The summed E-state index contributed by atoms with van der Waals surface area (Å²) < 4.78 is 0. The van der Waals surface area contributed by atoms with Crippen molar-refractivity contribution in [2.75, 3.05) is 6.54 Å². The van der Waals surface area contributed by atoms with E-state index in [0.29, 0.717) is 5.41 Å². The molecule has 0 unspecified atom stereocenters. The number of nitriles is 1. The Bertz CT molecular complexity index is 378. The summed E-state index contributed by atoms with van der Waals surface area (Å²) in [5.74, 6) is 3.16. The molecule has 5 aliphatic rings. The van der Waals surface area contributed by atoms with Gasteiger partial charge in [-0.3, -0.25) is 5.32 Å². The van der Waals surface area contributed by atoms with Gasteiger partial charge < -0.3 is 0 Å². The third kappa shape index (κ3) is 2.19. The molecule has 20 heavy (non-hydrogen) atoms. The number of rotatable bonds is 4. The smallest absolute Gasteiger partial charge is 0.106 e. The van der Waals surface area contributed by atoms with E-state index in [1.165, 1.54) is 57.8 Å². The van der Waals surface area contributed by atoms with Gasteiger partial charge in [0.2, 0.25) is 0 Å². The maximum atomic E-state index is 9.46. The molecule has 0 aromatic carbocycles. The molecular weight excluding hydrogens is 244 g/mol. The standard InChI is InChI=1S/C18H28N2/c19-13-18(3-1-2-4-18)20-6-5-17-10-14-7-15(11-17)9-16(8-14)12-17/h14-16,20H,1-12H2. The molecule has 4 bridgehead atoms. The molecule has 5 fully saturated rings. The molecule has 0 saturated heterocycles. The van der Waals surface area contributed by atoms with Crippen LogP contribution < -0.4 is 5.32 Å². The van der Waals surface area contributed by atoms with Crippen LogP contribution in [0.2, 0.25) is 0 Å². The van der Waals surface area contributed by atoms with Gasteiger partial charge in [0.05, 0.1) is 6.07 Å². The highest BCUT2D eigenvalue weighted by molar-refractivity contribution is 5.10. The predicted molar refractivity (Wildman–Crippen MR) is 80.0 cm³/mol. The first-order chi connectivity index (χ1) is 9.71. The maximum Gasteiger partial charge on any atom is 0.106 e. The van der Waals surface area contributed by atoms with Gasteiger partial charge in [0.25, 0.3) is 0 Å². The van der Waals surface area contributed by atoms with Gasteiger partial charge in [-0.15, -0.1) is 0 Å². The van der Waals surface area contributed by atoms with E-state index >= 15 is 0 Å². The normalized spacial score (nSPS) is 44.6. The summed E-state index contributed by atoms with van der Waals surface area (Å²) in [5, 5.41) is 13.1. The summed E-state index contributed by atoms with van der Waals surface area (Å²) in [4.78, 5) is 0. The van der Waals surface area contributed by atoms with E-state index < -0.39 is 0 Å². The van der Waals surface area contributed by atoms with Crippen molar-refractivity contribution in [2.45, 2.75) is 76.2 Å².